The molecule has 0 N–H and O–H groups in total. The van der Waals surface area contributed by atoms with Gasteiger partial charge in [0.1, 0.15) is 0 Å². The Labute approximate surface area is 114 Å². The van der Waals surface area contributed by atoms with Crippen LogP contribution in [0.1, 0.15) is 58.1 Å². The molecule has 1 aromatic rings. The van der Waals surface area contributed by atoms with Crippen LogP contribution in [0.2, 0.25) is 0 Å². The second-order valence-corrected chi connectivity index (χ2v) is 5.08. The molecule has 1 aromatic carbocycles. The third-order valence-electron chi connectivity index (χ3n) is 3.12. The van der Waals surface area contributed by atoms with Crippen LogP contribution in [0.15, 0.2) is 35.9 Å². The first-order chi connectivity index (χ1) is 8.58. The lowest BCUT2D eigenvalue weighted by molar-refractivity contribution is 0.514. The Hall–Kier alpha value is -1.04. The summed E-state index contributed by atoms with van der Waals surface area (Å²) < 4.78 is 0. The third kappa shape index (κ3) is 8.11. The predicted octanol–water partition coefficient (Wildman–Crippen LogP) is 6.08. The molecule has 0 fully saturated rings. The molecule has 1 aliphatic carbocycles. The average Bonchev–Trinajstić information content (AvgIpc) is 2.40. The van der Waals surface area contributed by atoms with Crippen molar-refractivity contribution in [1.29, 1.82) is 0 Å². The monoisotopic (exact) mass is 246 g/mol. The molecule has 0 bridgehead atoms. The fourth-order valence-electron chi connectivity index (χ4n) is 1.73. The molecule has 0 aliphatic heterocycles. The fraction of sp³-hybridized carbons (Fsp3) is 0.556. The van der Waals surface area contributed by atoms with Crippen LogP contribution in [0.5, 0.6) is 0 Å². The van der Waals surface area contributed by atoms with Crippen LogP contribution >= 0.6 is 0 Å². The van der Waals surface area contributed by atoms with E-state index in [9.17, 15) is 0 Å². The molecule has 18 heavy (non-hydrogen) atoms. The van der Waals surface area contributed by atoms with E-state index in [1.807, 2.05) is 13.8 Å². The van der Waals surface area contributed by atoms with Crippen molar-refractivity contribution < 1.29 is 0 Å². The first kappa shape index (κ1) is 17.0. The molecule has 0 heteroatoms. The summed E-state index contributed by atoms with van der Waals surface area (Å²) in [5.41, 5.74) is 4.24. The molecule has 0 saturated heterocycles. The van der Waals surface area contributed by atoms with E-state index in [0.717, 1.165) is 5.92 Å². The molecule has 1 unspecified atom stereocenters. The van der Waals surface area contributed by atoms with E-state index in [1.165, 1.54) is 30.4 Å². The van der Waals surface area contributed by atoms with Gasteiger partial charge in [0.2, 0.25) is 0 Å². The molecular formula is C18H30. The van der Waals surface area contributed by atoms with Gasteiger partial charge in [-0.3, -0.25) is 0 Å². The van der Waals surface area contributed by atoms with Crippen molar-refractivity contribution in [3.05, 3.63) is 47.0 Å². The molecule has 102 valence electrons. The van der Waals surface area contributed by atoms with Gasteiger partial charge in [0.15, 0.2) is 0 Å². The molecule has 0 aromatic heterocycles. The summed E-state index contributed by atoms with van der Waals surface area (Å²) in [7, 11) is 0. The van der Waals surface area contributed by atoms with Gasteiger partial charge in [-0.1, -0.05) is 67.8 Å². The highest BCUT2D eigenvalue weighted by Gasteiger charge is 2.05. The zero-order valence-electron chi connectivity index (χ0n) is 13.1. The number of hydrogen-bond donors (Lipinski definition) is 0. The van der Waals surface area contributed by atoms with Crippen LogP contribution < -0.4 is 0 Å². The third-order valence-corrected chi connectivity index (χ3v) is 3.12. The zero-order valence-corrected chi connectivity index (χ0v) is 13.1. The number of aryl methyl sites for hydroxylation is 2. The Morgan fingerprint density at radius 3 is 1.61 bits per heavy atom. The van der Waals surface area contributed by atoms with Crippen LogP contribution in [0.25, 0.3) is 0 Å². The molecule has 1 atom stereocenters. The van der Waals surface area contributed by atoms with Crippen molar-refractivity contribution in [2.75, 3.05) is 0 Å². The number of allylic oxidation sites excluding steroid dienone is 2. The minimum atomic E-state index is 0.943. The Morgan fingerprint density at radius 1 is 0.889 bits per heavy atom. The lowest BCUT2D eigenvalue weighted by Gasteiger charge is -2.14. The van der Waals surface area contributed by atoms with Gasteiger partial charge in [-0.2, -0.15) is 0 Å². The van der Waals surface area contributed by atoms with Crippen molar-refractivity contribution in [3.63, 3.8) is 0 Å². The normalized spacial score (nSPS) is 17.7. The largest absolute Gasteiger partial charge is 0.0853 e. The zero-order chi connectivity index (χ0) is 14.0. The van der Waals surface area contributed by atoms with Gasteiger partial charge in [-0.15, -0.1) is 0 Å². The highest BCUT2D eigenvalue weighted by molar-refractivity contribution is 5.19. The van der Waals surface area contributed by atoms with Gasteiger partial charge in [-0.05, 0) is 46.0 Å². The van der Waals surface area contributed by atoms with E-state index in [4.69, 9.17) is 0 Å². The topological polar surface area (TPSA) is 0 Å². The highest BCUT2D eigenvalue weighted by Crippen LogP contribution is 2.21. The Bertz CT molecular complexity index is 309. The van der Waals surface area contributed by atoms with Gasteiger partial charge < -0.3 is 0 Å². The summed E-state index contributed by atoms with van der Waals surface area (Å²) in [6.45, 7) is 12.7. The Morgan fingerprint density at radius 2 is 1.33 bits per heavy atom. The summed E-state index contributed by atoms with van der Waals surface area (Å²) in [6.07, 6.45) is 6.42. The van der Waals surface area contributed by atoms with E-state index < -0.39 is 0 Å². The summed E-state index contributed by atoms with van der Waals surface area (Å²) >= 11 is 0. The minimum Gasteiger partial charge on any atom is -0.0853 e. The van der Waals surface area contributed by atoms with Gasteiger partial charge in [0.25, 0.3) is 0 Å². The van der Waals surface area contributed by atoms with Gasteiger partial charge in [0, 0.05) is 0 Å². The molecule has 0 radical (unpaired) electrons. The summed E-state index contributed by atoms with van der Waals surface area (Å²) in [5.74, 6) is 0.943. The van der Waals surface area contributed by atoms with Gasteiger partial charge in [0.05, 0.1) is 0 Å². The van der Waals surface area contributed by atoms with E-state index in [2.05, 4.69) is 58.0 Å². The summed E-state index contributed by atoms with van der Waals surface area (Å²) in [4.78, 5) is 0. The molecular weight excluding hydrogens is 216 g/mol. The molecule has 0 spiro atoms. The number of benzene rings is 1. The Balaban J connectivity index is 0.000000283. The highest BCUT2D eigenvalue weighted by atomic mass is 14.1. The molecule has 0 nitrogen and oxygen atoms in total. The van der Waals surface area contributed by atoms with E-state index >= 15 is 0 Å². The first-order valence-corrected chi connectivity index (χ1v) is 7.27. The van der Waals surface area contributed by atoms with Gasteiger partial charge >= 0.3 is 0 Å². The molecule has 0 amide bonds. The first-order valence-electron chi connectivity index (χ1n) is 7.27. The minimum absolute atomic E-state index is 0.943. The van der Waals surface area contributed by atoms with Crippen molar-refractivity contribution in [1.82, 2.24) is 0 Å². The van der Waals surface area contributed by atoms with Gasteiger partial charge in [-0.25, -0.2) is 0 Å². The smallest absolute Gasteiger partial charge is 0.0320 e. The van der Waals surface area contributed by atoms with Crippen LogP contribution in [-0.4, -0.2) is 0 Å². The van der Waals surface area contributed by atoms with E-state index in [-0.39, 0.29) is 0 Å². The Kier molecular flexibility index (Phi) is 9.36. The quantitative estimate of drug-likeness (QED) is 0.486. The van der Waals surface area contributed by atoms with Crippen molar-refractivity contribution in [3.8, 4) is 0 Å². The summed E-state index contributed by atoms with van der Waals surface area (Å²) in [6, 6.07) is 8.48. The van der Waals surface area contributed by atoms with Crippen LogP contribution in [0, 0.1) is 19.8 Å². The number of rotatable bonds is 0. The molecule has 2 rings (SSSR count). The van der Waals surface area contributed by atoms with Crippen LogP contribution in [0.3, 0.4) is 0 Å². The lowest BCUT2D eigenvalue weighted by atomic mass is 9.92. The second kappa shape index (κ2) is 9.94. The fourth-order valence-corrected chi connectivity index (χ4v) is 1.73. The molecule has 0 saturated carbocycles. The maximum atomic E-state index is 2.37. The second-order valence-electron chi connectivity index (χ2n) is 5.08. The molecule has 1 aliphatic rings. The number of hydrogen-bond acceptors (Lipinski definition) is 0. The van der Waals surface area contributed by atoms with Crippen molar-refractivity contribution in [2.24, 2.45) is 5.92 Å². The van der Waals surface area contributed by atoms with Crippen molar-refractivity contribution >= 4 is 0 Å². The van der Waals surface area contributed by atoms with E-state index in [1.54, 1.807) is 5.57 Å². The standard InChI is InChI=1S/C8H14.C8H10.C2H6/c2*1-7-3-5-8(2)6-4-7;1-2/h3,8H,4-6H2,1-2H3;3-6H,1-2H3;1-2H3. The van der Waals surface area contributed by atoms with E-state index in [0.29, 0.717) is 0 Å². The van der Waals surface area contributed by atoms with Crippen LogP contribution in [0.4, 0.5) is 0 Å². The lowest BCUT2D eigenvalue weighted by Crippen LogP contribution is -1.98. The predicted molar refractivity (Wildman–Crippen MR) is 84.0 cm³/mol. The maximum absolute atomic E-state index is 2.37. The average molecular weight is 246 g/mol. The maximum Gasteiger partial charge on any atom is -0.0320 e. The SMILES string of the molecule is CC.CC1=CCC(C)CC1.Cc1ccc(C)cc1. The van der Waals surface area contributed by atoms with Crippen LogP contribution in [-0.2, 0) is 0 Å². The molecule has 0 heterocycles. The summed E-state index contributed by atoms with van der Waals surface area (Å²) in [5, 5.41) is 0. The van der Waals surface area contributed by atoms with Crippen molar-refractivity contribution in [2.45, 2.75) is 60.8 Å².